The van der Waals surface area contributed by atoms with Crippen LogP contribution in [0.15, 0.2) is 18.2 Å². The lowest BCUT2D eigenvalue weighted by atomic mass is 9.91. The first-order chi connectivity index (χ1) is 9.02. The maximum absolute atomic E-state index is 8.94. The maximum atomic E-state index is 8.94. The molecule has 0 atom stereocenters. The fourth-order valence-electron chi connectivity index (χ4n) is 1.68. The van der Waals surface area contributed by atoms with E-state index < -0.39 is 0 Å². The van der Waals surface area contributed by atoms with E-state index in [1.165, 1.54) is 0 Å². The second-order valence-electron chi connectivity index (χ2n) is 5.10. The van der Waals surface area contributed by atoms with Gasteiger partial charge in [-0.1, -0.05) is 6.07 Å². The number of ether oxygens (including phenoxy) is 2. The van der Waals surface area contributed by atoms with E-state index in [-0.39, 0.29) is 5.41 Å². The highest BCUT2D eigenvalue weighted by Gasteiger charge is 2.15. The normalized spacial score (nSPS) is 10.9. The molecule has 1 aromatic rings. The van der Waals surface area contributed by atoms with Crippen LogP contribution in [0.2, 0.25) is 0 Å². The molecule has 0 aliphatic heterocycles. The lowest BCUT2D eigenvalue weighted by Gasteiger charge is -2.16. The predicted octanol–water partition coefficient (Wildman–Crippen LogP) is 2.73. The van der Waals surface area contributed by atoms with Gasteiger partial charge in [0.05, 0.1) is 25.7 Å². The molecule has 0 unspecified atom stereocenters. The minimum atomic E-state index is -0.281. The van der Waals surface area contributed by atoms with E-state index in [4.69, 9.17) is 14.7 Å². The van der Waals surface area contributed by atoms with Gasteiger partial charge in [-0.05, 0) is 32.9 Å². The molecule has 19 heavy (non-hydrogen) atoms. The zero-order valence-electron chi connectivity index (χ0n) is 12.1. The van der Waals surface area contributed by atoms with Crippen LogP contribution in [-0.4, -0.2) is 20.8 Å². The van der Waals surface area contributed by atoms with E-state index in [2.05, 4.69) is 11.4 Å². The second kappa shape index (κ2) is 7.01. The SMILES string of the molecule is COc1ccc(CNCCC(C)(C)C#N)c(OC)c1. The van der Waals surface area contributed by atoms with Crippen LogP contribution in [-0.2, 0) is 6.54 Å². The molecule has 0 aromatic heterocycles. The molecule has 4 nitrogen and oxygen atoms in total. The lowest BCUT2D eigenvalue weighted by Crippen LogP contribution is -2.21. The Morgan fingerprint density at radius 1 is 1.26 bits per heavy atom. The van der Waals surface area contributed by atoms with E-state index in [9.17, 15) is 0 Å². The summed E-state index contributed by atoms with van der Waals surface area (Å²) in [6, 6.07) is 8.07. The smallest absolute Gasteiger partial charge is 0.127 e. The lowest BCUT2D eigenvalue weighted by molar-refractivity contribution is 0.388. The van der Waals surface area contributed by atoms with Gasteiger partial charge in [0.15, 0.2) is 0 Å². The number of nitriles is 1. The van der Waals surface area contributed by atoms with Crippen LogP contribution in [0.3, 0.4) is 0 Å². The molecule has 1 N–H and O–H groups in total. The van der Waals surface area contributed by atoms with Crippen LogP contribution in [0, 0.1) is 16.7 Å². The zero-order valence-corrected chi connectivity index (χ0v) is 12.1. The van der Waals surface area contributed by atoms with Gasteiger partial charge >= 0.3 is 0 Å². The Balaban J connectivity index is 2.52. The highest BCUT2D eigenvalue weighted by atomic mass is 16.5. The molecule has 4 heteroatoms. The monoisotopic (exact) mass is 262 g/mol. The summed E-state index contributed by atoms with van der Waals surface area (Å²) >= 11 is 0. The molecule has 104 valence electrons. The number of hydrogen-bond acceptors (Lipinski definition) is 4. The zero-order chi connectivity index (χ0) is 14.3. The third kappa shape index (κ3) is 4.80. The van der Waals surface area contributed by atoms with Crippen LogP contribution < -0.4 is 14.8 Å². The fourth-order valence-corrected chi connectivity index (χ4v) is 1.68. The minimum absolute atomic E-state index is 0.281. The molecule has 1 rings (SSSR count). The van der Waals surface area contributed by atoms with Crippen molar-refractivity contribution >= 4 is 0 Å². The van der Waals surface area contributed by atoms with Gasteiger partial charge in [0.1, 0.15) is 11.5 Å². The summed E-state index contributed by atoms with van der Waals surface area (Å²) < 4.78 is 10.5. The second-order valence-corrected chi connectivity index (χ2v) is 5.10. The average Bonchev–Trinajstić information content (AvgIpc) is 2.43. The number of hydrogen-bond donors (Lipinski definition) is 1. The van der Waals surface area contributed by atoms with Gasteiger partial charge in [0, 0.05) is 18.2 Å². The van der Waals surface area contributed by atoms with Crippen molar-refractivity contribution in [2.75, 3.05) is 20.8 Å². The van der Waals surface area contributed by atoms with Crippen molar-refractivity contribution in [2.24, 2.45) is 5.41 Å². The van der Waals surface area contributed by atoms with E-state index in [1.54, 1.807) is 14.2 Å². The van der Waals surface area contributed by atoms with Gasteiger partial charge in [-0.3, -0.25) is 0 Å². The molecule has 0 heterocycles. The largest absolute Gasteiger partial charge is 0.497 e. The molecule has 0 radical (unpaired) electrons. The molecule has 0 aliphatic carbocycles. The van der Waals surface area contributed by atoms with Crippen molar-refractivity contribution in [3.63, 3.8) is 0 Å². The van der Waals surface area contributed by atoms with E-state index in [0.717, 1.165) is 30.0 Å². The number of rotatable bonds is 7. The highest BCUT2D eigenvalue weighted by molar-refractivity contribution is 5.40. The Kier molecular flexibility index (Phi) is 5.65. The molecule has 0 aliphatic rings. The van der Waals surface area contributed by atoms with Crippen LogP contribution in [0.5, 0.6) is 11.5 Å². The highest BCUT2D eigenvalue weighted by Crippen LogP contribution is 2.24. The first-order valence-electron chi connectivity index (χ1n) is 6.35. The van der Waals surface area contributed by atoms with Gasteiger partial charge < -0.3 is 14.8 Å². The summed E-state index contributed by atoms with van der Waals surface area (Å²) in [5.41, 5.74) is 0.801. The minimum Gasteiger partial charge on any atom is -0.497 e. The van der Waals surface area contributed by atoms with Crippen molar-refractivity contribution in [1.82, 2.24) is 5.32 Å². The van der Waals surface area contributed by atoms with Gasteiger partial charge in [-0.25, -0.2) is 0 Å². The standard InChI is InChI=1S/C15H22N2O2/c1-15(2,11-16)7-8-17-10-12-5-6-13(18-3)9-14(12)19-4/h5-6,9,17H,7-8,10H2,1-4H3. The third-order valence-electron chi connectivity index (χ3n) is 3.04. The van der Waals surface area contributed by atoms with Gasteiger partial charge in [0.2, 0.25) is 0 Å². The Bertz CT molecular complexity index is 450. The van der Waals surface area contributed by atoms with Crippen molar-refractivity contribution in [3.8, 4) is 17.6 Å². The number of benzene rings is 1. The molecule has 0 saturated heterocycles. The van der Waals surface area contributed by atoms with Crippen LogP contribution in [0.25, 0.3) is 0 Å². The topological polar surface area (TPSA) is 54.3 Å². The first-order valence-corrected chi connectivity index (χ1v) is 6.35. The summed E-state index contributed by atoms with van der Waals surface area (Å²) in [5, 5.41) is 12.3. The molecule has 0 fully saturated rings. The Labute approximate surface area is 115 Å². The van der Waals surface area contributed by atoms with Crippen LogP contribution in [0.1, 0.15) is 25.8 Å². The summed E-state index contributed by atoms with van der Waals surface area (Å²) in [7, 11) is 3.29. The van der Waals surface area contributed by atoms with E-state index >= 15 is 0 Å². The summed E-state index contributed by atoms with van der Waals surface area (Å²) in [4.78, 5) is 0. The van der Waals surface area contributed by atoms with E-state index in [1.807, 2.05) is 32.0 Å². The Morgan fingerprint density at radius 3 is 2.58 bits per heavy atom. The number of nitrogens with zero attached hydrogens (tertiary/aromatic N) is 1. The van der Waals surface area contributed by atoms with Crippen LogP contribution >= 0.6 is 0 Å². The summed E-state index contributed by atoms with van der Waals surface area (Å²) in [5.74, 6) is 1.60. The van der Waals surface area contributed by atoms with Crippen molar-refractivity contribution < 1.29 is 9.47 Å². The fraction of sp³-hybridized carbons (Fsp3) is 0.533. The molecule has 1 aromatic carbocycles. The van der Waals surface area contributed by atoms with Gasteiger partial charge in [-0.15, -0.1) is 0 Å². The van der Waals surface area contributed by atoms with Crippen LogP contribution in [0.4, 0.5) is 0 Å². The molecule has 0 spiro atoms. The van der Waals surface area contributed by atoms with E-state index in [0.29, 0.717) is 6.54 Å². The average molecular weight is 262 g/mol. The van der Waals surface area contributed by atoms with Crippen molar-refractivity contribution in [3.05, 3.63) is 23.8 Å². The van der Waals surface area contributed by atoms with Crippen molar-refractivity contribution in [2.45, 2.75) is 26.8 Å². The number of methoxy groups -OCH3 is 2. The molecule has 0 bridgehead atoms. The predicted molar refractivity (Wildman–Crippen MR) is 75.3 cm³/mol. The van der Waals surface area contributed by atoms with Crippen molar-refractivity contribution in [1.29, 1.82) is 5.26 Å². The third-order valence-corrected chi connectivity index (χ3v) is 3.04. The molecular formula is C15H22N2O2. The summed E-state index contributed by atoms with van der Waals surface area (Å²) in [6.07, 6.45) is 0.821. The molecule has 0 amide bonds. The van der Waals surface area contributed by atoms with Gasteiger partial charge in [-0.2, -0.15) is 5.26 Å². The quantitative estimate of drug-likeness (QED) is 0.768. The Morgan fingerprint density at radius 2 is 2.00 bits per heavy atom. The molecule has 0 saturated carbocycles. The molecular weight excluding hydrogens is 240 g/mol. The number of nitrogens with one attached hydrogen (secondary N) is 1. The Hall–Kier alpha value is -1.73. The first kappa shape index (κ1) is 15.3. The van der Waals surface area contributed by atoms with Gasteiger partial charge in [0.25, 0.3) is 0 Å². The summed E-state index contributed by atoms with van der Waals surface area (Å²) in [6.45, 7) is 5.41. The maximum Gasteiger partial charge on any atom is 0.127 e.